The second-order valence-electron chi connectivity index (χ2n) is 5.16. The van der Waals surface area contributed by atoms with Crippen molar-refractivity contribution < 1.29 is 13.6 Å². The summed E-state index contributed by atoms with van der Waals surface area (Å²) in [6.45, 7) is 5.20. The molecule has 0 aromatic heterocycles. The lowest BCUT2D eigenvalue weighted by Crippen LogP contribution is -2.17. The first-order valence-corrected chi connectivity index (χ1v) is 9.00. The first-order valence-electron chi connectivity index (χ1n) is 6.70. The van der Waals surface area contributed by atoms with E-state index in [1.54, 1.807) is 36.4 Å². The van der Waals surface area contributed by atoms with E-state index in [-0.39, 0.29) is 0 Å². The zero-order valence-corrected chi connectivity index (χ0v) is 15.0. The van der Waals surface area contributed by atoms with Crippen LogP contribution in [0.4, 0.5) is 0 Å². The third-order valence-corrected chi connectivity index (χ3v) is 6.02. The lowest BCUT2D eigenvalue weighted by molar-refractivity contribution is 0.379. The zero-order valence-electron chi connectivity index (χ0n) is 12.5. The van der Waals surface area contributed by atoms with Crippen molar-refractivity contribution in [3.8, 4) is 11.5 Å². The molecule has 2 aromatic rings. The average Bonchev–Trinajstić information content (AvgIpc) is 2.37. The normalized spacial score (nSPS) is 12.0. The minimum absolute atomic E-state index is 0.392. The van der Waals surface area contributed by atoms with Gasteiger partial charge in [0.05, 0.1) is 0 Å². The topological polar surface area (TPSA) is 35.5 Å². The van der Waals surface area contributed by atoms with Crippen LogP contribution in [0.3, 0.4) is 0 Å². The van der Waals surface area contributed by atoms with E-state index in [1.165, 1.54) is 6.92 Å². The summed E-state index contributed by atoms with van der Waals surface area (Å²) < 4.78 is 22.5. The van der Waals surface area contributed by atoms with Gasteiger partial charge < -0.3 is 9.05 Å². The van der Waals surface area contributed by atoms with Crippen LogP contribution >= 0.6 is 30.8 Å². The molecule has 6 heteroatoms. The summed E-state index contributed by atoms with van der Waals surface area (Å²) in [5, 5.41) is 0. The molecule has 0 fully saturated rings. The number of hydrogen-bond acceptors (Lipinski definition) is 3. The second-order valence-corrected chi connectivity index (χ2v) is 9.64. The summed E-state index contributed by atoms with van der Waals surface area (Å²) in [4.78, 5) is 0. The van der Waals surface area contributed by atoms with E-state index >= 15 is 0 Å². The smallest absolute Gasteiger partial charge is 0.414 e. The highest BCUT2D eigenvalue weighted by atomic mass is 35.5. The van der Waals surface area contributed by atoms with Crippen LogP contribution in [0.1, 0.15) is 18.1 Å². The molecule has 0 aliphatic heterocycles. The number of halogens is 2. The molecule has 0 atom stereocenters. The molecule has 0 saturated carbocycles. The molecule has 0 aliphatic rings. The Hall–Kier alpha value is -1.15. The molecule has 0 amide bonds. The summed E-state index contributed by atoms with van der Waals surface area (Å²) in [5.74, 6) is 0.784. The van der Waals surface area contributed by atoms with E-state index in [9.17, 15) is 4.57 Å². The van der Waals surface area contributed by atoms with Crippen LogP contribution in [0.5, 0.6) is 11.5 Å². The third-order valence-electron chi connectivity index (χ3n) is 2.91. The summed E-state index contributed by atoms with van der Waals surface area (Å²) in [6.07, 6.45) is 0. The standard InChI is InChI=1S/C16H17Cl2O3P/c1-12-6-4-8-14(10-12)20-22(19,16(3,17)18)21-15-9-5-7-13(2)11-15/h4-11H,1-3H3. The summed E-state index contributed by atoms with van der Waals surface area (Å²) in [6, 6.07) is 14.2. The van der Waals surface area contributed by atoms with Gasteiger partial charge in [-0.3, -0.25) is 0 Å². The predicted octanol–water partition coefficient (Wildman–Crippen LogP) is 6.11. The van der Waals surface area contributed by atoms with E-state index < -0.39 is 11.7 Å². The SMILES string of the molecule is Cc1cccc(OP(=O)(Oc2cccc(C)c2)C(C)(Cl)Cl)c1. The number of hydrogen-bond donors (Lipinski definition) is 0. The maximum absolute atomic E-state index is 13.1. The average molecular weight is 359 g/mol. The molecular weight excluding hydrogens is 342 g/mol. The molecule has 0 bridgehead atoms. The van der Waals surface area contributed by atoms with Crippen LogP contribution in [0.15, 0.2) is 48.5 Å². The number of rotatable bonds is 5. The quantitative estimate of drug-likeness (QED) is 0.478. The lowest BCUT2D eigenvalue weighted by atomic mass is 10.2. The maximum Gasteiger partial charge on any atom is 0.466 e. The van der Waals surface area contributed by atoms with Gasteiger partial charge in [0.2, 0.25) is 4.07 Å². The van der Waals surface area contributed by atoms with Gasteiger partial charge in [0, 0.05) is 0 Å². The van der Waals surface area contributed by atoms with Crippen molar-refractivity contribution in [2.75, 3.05) is 0 Å². The van der Waals surface area contributed by atoms with Gasteiger partial charge in [-0.25, -0.2) is 4.57 Å². The first-order chi connectivity index (χ1) is 10.2. The molecular formula is C16H17Cl2O3P. The molecule has 0 heterocycles. The Morgan fingerprint density at radius 3 is 1.64 bits per heavy atom. The summed E-state index contributed by atoms with van der Waals surface area (Å²) in [7, 11) is -3.86. The Morgan fingerprint density at radius 1 is 0.909 bits per heavy atom. The molecule has 22 heavy (non-hydrogen) atoms. The third kappa shape index (κ3) is 4.19. The Kier molecular flexibility index (Phi) is 5.11. The summed E-state index contributed by atoms with van der Waals surface area (Å²) in [5.41, 5.74) is 1.93. The van der Waals surface area contributed by atoms with E-state index in [2.05, 4.69) is 0 Å². The monoisotopic (exact) mass is 358 g/mol. The van der Waals surface area contributed by atoms with Crippen molar-refractivity contribution in [2.24, 2.45) is 0 Å². The first kappa shape index (κ1) is 17.2. The van der Waals surface area contributed by atoms with Crippen molar-refractivity contribution in [3.05, 3.63) is 59.7 Å². The minimum atomic E-state index is -3.86. The van der Waals surface area contributed by atoms with Crippen molar-refractivity contribution in [2.45, 2.75) is 24.8 Å². The van der Waals surface area contributed by atoms with Gasteiger partial charge in [-0.15, -0.1) is 0 Å². The van der Waals surface area contributed by atoms with Gasteiger partial charge in [-0.1, -0.05) is 47.5 Å². The molecule has 118 valence electrons. The molecule has 2 rings (SSSR count). The van der Waals surface area contributed by atoms with Gasteiger partial charge in [-0.2, -0.15) is 0 Å². The maximum atomic E-state index is 13.1. The fourth-order valence-corrected chi connectivity index (χ4v) is 3.35. The highest BCUT2D eigenvalue weighted by Crippen LogP contribution is 2.63. The van der Waals surface area contributed by atoms with Crippen LogP contribution in [-0.2, 0) is 4.57 Å². The molecule has 0 radical (unpaired) electrons. The highest BCUT2D eigenvalue weighted by Gasteiger charge is 2.48. The number of benzene rings is 2. The van der Waals surface area contributed by atoms with Crippen molar-refractivity contribution in [1.29, 1.82) is 0 Å². The Bertz CT molecular complexity index is 659. The van der Waals surface area contributed by atoms with Gasteiger partial charge in [-0.05, 0) is 56.2 Å². The van der Waals surface area contributed by atoms with E-state index in [1.807, 2.05) is 26.0 Å². The fourth-order valence-electron chi connectivity index (χ4n) is 1.80. The van der Waals surface area contributed by atoms with Gasteiger partial charge >= 0.3 is 7.60 Å². The van der Waals surface area contributed by atoms with Crippen LogP contribution in [0, 0.1) is 13.8 Å². The van der Waals surface area contributed by atoms with Crippen LogP contribution < -0.4 is 9.05 Å². The molecule has 0 N–H and O–H groups in total. The Morgan fingerprint density at radius 2 is 1.32 bits per heavy atom. The van der Waals surface area contributed by atoms with Crippen molar-refractivity contribution in [3.63, 3.8) is 0 Å². The van der Waals surface area contributed by atoms with E-state index in [4.69, 9.17) is 32.2 Å². The predicted molar refractivity (Wildman–Crippen MR) is 91.3 cm³/mol. The molecule has 0 spiro atoms. The van der Waals surface area contributed by atoms with E-state index in [0.717, 1.165) is 11.1 Å². The number of aryl methyl sites for hydroxylation is 2. The van der Waals surface area contributed by atoms with Crippen molar-refractivity contribution >= 4 is 30.8 Å². The van der Waals surface area contributed by atoms with Crippen LogP contribution in [-0.4, -0.2) is 4.07 Å². The Balaban J connectivity index is 2.34. The summed E-state index contributed by atoms with van der Waals surface area (Å²) >= 11 is 12.1. The van der Waals surface area contributed by atoms with Crippen molar-refractivity contribution in [1.82, 2.24) is 0 Å². The minimum Gasteiger partial charge on any atom is -0.414 e. The van der Waals surface area contributed by atoms with Crippen LogP contribution in [0.2, 0.25) is 0 Å². The molecule has 3 nitrogen and oxygen atoms in total. The molecule has 0 aliphatic carbocycles. The highest BCUT2D eigenvalue weighted by molar-refractivity contribution is 7.60. The largest absolute Gasteiger partial charge is 0.466 e. The van der Waals surface area contributed by atoms with Crippen LogP contribution in [0.25, 0.3) is 0 Å². The second kappa shape index (κ2) is 6.54. The zero-order chi connectivity index (χ0) is 16.4. The number of alkyl halides is 2. The molecule has 0 unspecified atom stereocenters. The van der Waals surface area contributed by atoms with Gasteiger partial charge in [0.1, 0.15) is 11.5 Å². The van der Waals surface area contributed by atoms with E-state index in [0.29, 0.717) is 11.5 Å². The molecule has 2 aromatic carbocycles. The van der Waals surface area contributed by atoms with Gasteiger partial charge in [0.15, 0.2) is 0 Å². The molecule has 0 saturated heterocycles. The fraction of sp³-hybridized carbons (Fsp3) is 0.250. The van der Waals surface area contributed by atoms with Gasteiger partial charge in [0.25, 0.3) is 0 Å². The Labute approximate surface area is 140 Å². The lowest BCUT2D eigenvalue weighted by Gasteiger charge is -2.26.